The number of carbonyl (C=O) groups excluding carboxylic acids is 1. The Kier molecular flexibility index (Phi) is 5.36. The maximum Gasteiger partial charge on any atom is 0.281 e. The number of carbonyl (C=O) groups is 1. The van der Waals surface area contributed by atoms with Gasteiger partial charge in [0.15, 0.2) is 6.61 Å². The summed E-state index contributed by atoms with van der Waals surface area (Å²) in [5, 5.41) is 6.02. The predicted octanol–water partition coefficient (Wildman–Crippen LogP) is 5.14. The number of nitrogens with zero attached hydrogens (tertiary/aromatic N) is 2. The van der Waals surface area contributed by atoms with Gasteiger partial charge in [0.2, 0.25) is 0 Å². The molecule has 29 heavy (non-hydrogen) atoms. The molecule has 0 fully saturated rings. The third-order valence-corrected chi connectivity index (χ3v) is 4.96. The summed E-state index contributed by atoms with van der Waals surface area (Å²) >= 11 is 5.97. The van der Waals surface area contributed by atoms with E-state index in [1.54, 1.807) is 12.3 Å². The Morgan fingerprint density at radius 3 is 2.76 bits per heavy atom. The molecule has 0 spiro atoms. The summed E-state index contributed by atoms with van der Waals surface area (Å²) in [6, 6.07) is 14.9. The molecule has 1 aliphatic rings. The average molecular weight is 413 g/mol. The molecular formula is C22H18ClFN2O3. The van der Waals surface area contributed by atoms with Crippen molar-refractivity contribution in [2.45, 2.75) is 19.4 Å². The maximum atomic E-state index is 13.2. The van der Waals surface area contributed by atoms with Gasteiger partial charge in [-0.25, -0.2) is 9.40 Å². The van der Waals surface area contributed by atoms with Crippen molar-refractivity contribution in [1.29, 1.82) is 0 Å². The third-order valence-electron chi connectivity index (χ3n) is 4.67. The normalized spacial score (nSPS) is 16.0. The molecule has 5 nitrogen and oxygen atoms in total. The number of rotatable bonds is 5. The van der Waals surface area contributed by atoms with E-state index in [-0.39, 0.29) is 29.3 Å². The van der Waals surface area contributed by atoms with Crippen molar-refractivity contribution in [3.63, 3.8) is 0 Å². The second-order valence-electron chi connectivity index (χ2n) is 6.75. The topological polar surface area (TPSA) is 55.0 Å². The summed E-state index contributed by atoms with van der Waals surface area (Å²) < 4.78 is 24.2. The lowest BCUT2D eigenvalue weighted by Crippen LogP contribution is -2.31. The fourth-order valence-corrected chi connectivity index (χ4v) is 3.38. The molecule has 1 aliphatic heterocycles. The molecule has 0 N–H and O–H groups in total. The fourth-order valence-electron chi connectivity index (χ4n) is 3.16. The highest BCUT2D eigenvalue weighted by molar-refractivity contribution is 6.32. The van der Waals surface area contributed by atoms with E-state index in [1.807, 2.05) is 37.3 Å². The lowest BCUT2D eigenvalue weighted by molar-refractivity contribution is -0.135. The van der Waals surface area contributed by atoms with E-state index in [1.165, 1.54) is 17.1 Å². The van der Waals surface area contributed by atoms with Crippen LogP contribution in [-0.4, -0.2) is 23.2 Å². The number of ether oxygens (including phenoxy) is 1. The van der Waals surface area contributed by atoms with Gasteiger partial charge in [0, 0.05) is 6.42 Å². The van der Waals surface area contributed by atoms with Crippen LogP contribution in [0.25, 0.3) is 0 Å². The van der Waals surface area contributed by atoms with Crippen LogP contribution in [0, 0.1) is 12.7 Å². The third kappa shape index (κ3) is 4.17. The lowest BCUT2D eigenvalue weighted by atomic mass is 10.0. The minimum Gasteiger partial charge on any atom is -0.482 e. The quantitative estimate of drug-likeness (QED) is 0.583. The first kappa shape index (κ1) is 19.2. The van der Waals surface area contributed by atoms with Crippen LogP contribution < -0.4 is 4.74 Å². The second-order valence-corrected chi connectivity index (χ2v) is 7.16. The first-order valence-corrected chi connectivity index (χ1v) is 9.47. The number of hydrazone groups is 1. The van der Waals surface area contributed by atoms with Gasteiger partial charge in [0.05, 0.1) is 17.0 Å². The molecule has 1 aromatic heterocycles. The molecule has 0 saturated carbocycles. The fraction of sp³-hybridized carbons (Fsp3) is 0.182. The minimum absolute atomic E-state index is 0.102. The maximum absolute atomic E-state index is 13.2. The molecule has 4 rings (SSSR count). The van der Waals surface area contributed by atoms with Gasteiger partial charge in [-0.05, 0) is 42.8 Å². The molecular weight excluding hydrogens is 395 g/mol. The van der Waals surface area contributed by atoms with Gasteiger partial charge in [-0.2, -0.15) is 5.10 Å². The molecule has 1 amide bonds. The Labute approximate surface area is 172 Å². The molecule has 2 heterocycles. The standard InChI is InChI=1S/C22H18ClFN2O3/c1-14-4-6-15(7-5-14)18-12-19(21-3-2-10-28-21)26(25-18)22(27)13-29-20-9-8-16(24)11-17(20)23/h2-11,19H,12-13H2,1H3. The van der Waals surface area contributed by atoms with Crippen LogP contribution in [0.3, 0.4) is 0 Å². The molecule has 148 valence electrons. The lowest BCUT2D eigenvalue weighted by Gasteiger charge is -2.20. The van der Waals surface area contributed by atoms with Crippen molar-refractivity contribution in [1.82, 2.24) is 5.01 Å². The molecule has 0 radical (unpaired) electrons. The molecule has 3 aromatic rings. The summed E-state index contributed by atoms with van der Waals surface area (Å²) in [4.78, 5) is 12.9. The monoisotopic (exact) mass is 412 g/mol. The molecule has 2 aromatic carbocycles. The Bertz CT molecular complexity index is 1050. The molecule has 0 bridgehead atoms. The number of benzene rings is 2. The second kappa shape index (κ2) is 8.09. The van der Waals surface area contributed by atoms with Crippen molar-refractivity contribution in [2.24, 2.45) is 5.10 Å². The number of furan rings is 1. The SMILES string of the molecule is Cc1ccc(C2=NN(C(=O)COc3ccc(F)cc3Cl)C(c3ccco3)C2)cc1. The van der Waals surface area contributed by atoms with E-state index in [0.29, 0.717) is 12.2 Å². The van der Waals surface area contributed by atoms with Gasteiger partial charge in [-0.1, -0.05) is 41.4 Å². The summed E-state index contributed by atoms with van der Waals surface area (Å²) in [5.41, 5.74) is 2.89. The van der Waals surface area contributed by atoms with Gasteiger partial charge < -0.3 is 9.15 Å². The first-order chi connectivity index (χ1) is 14.0. The number of halogens is 2. The van der Waals surface area contributed by atoms with E-state index in [2.05, 4.69) is 5.10 Å². The summed E-state index contributed by atoms with van der Waals surface area (Å²) in [6.07, 6.45) is 2.09. The van der Waals surface area contributed by atoms with Crippen molar-refractivity contribution >= 4 is 23.2 Å². The summed E-state index contributed by atoms with van der Waals surface area (Å²) in [7, 11) is 0. The predicted molar refractivity (Wildman–Crippen MR) is 108 cm³/mol. The van der Waals surface area contributed by atoms with E-state index in [9.17, 15) is 9.18 Å². The van der Waals surface area contributed by atoms with Crippen molar-refractivity contribution < 1.29 is 18.3 Å². The summed E-state index contributed by atoms with van der Waals surface area (Å²) in [5.74, 6) is 0.0503. The van der Waals surface area contributed by atoms with Crippen molar-refractivity contribution in [3.05, 3.63) is 88.6 Å². The first-order valence-electron chi connectivity index (χ1n) is 9.09. The van der Waals surface area contributed by atoms with E-state index in [4.69, 9.17) is 20.8 Å². The van der Waals surface area contributed by atoms with E-state index >= 15 is 0 Å². The van der Waals surface area contributed by atoms with Gasteiger partial charge >= 0.3 is 0 Å². The number of amides is 1. The highest BCUT2D eigenvalue weighted by Crippen LogP contribution is 2.33. The molecule has 0 aliphatic carbocycles. The largest absolute Gasteiger partial charge is 0.482 e. The highest BCUT2D eigenvalue weighted by Gasteiger charge is 2.35. The smallest absolute Gasteiger partial charge is 0.281 e. The van der Waals surface area contributed by atoms with Gasteiger partial charge in [0.25, 0.3) is 5.91 Å². The zero-order chi connectivity index (χ0) is 20.4. The van der Waals surface area contributed by atoms with Gasteiger partial charge in [-0.3, -0.25) is 4.79 Å². The number of hydrogen-bond acceptors (Lipinski definition) is 4. The van der Waals surface area contributed by atoms with Crippen LogP contribution in [0.4, 0.5) is 4.39 Å². The van der Waals surface area contributed by atoms with Crippen molar-refractivity contribution in [3.8, 4) is 5.75 Å². The van der Waals surface area contributed by atoms with E-state index < -0.39 is 5.82 Å². The van der Waals surface area contributed by atoms with E-state index in [0.717, 1.165) is 22.9 Å². The molecule has 1 atom stereocenters. The zero-order valence-corrected chi connectivity index (χ0v) is 16.4. The number of hydrogen-bond donors (Lipinski definition) is 0. The zero-order valence-electron chi connectivity index (χ0n) is 15.6. The van der Waals surface area contributed by atoms with Crippen LogP contribution in [0.2, 0.25) is 5.02 Å². The Balaban J connectivity index is 1.55. The van der Waals surface area contributed by atoms with Crippen LogP contribution in [0.1, 0.15) is 29.3 Å². The van der Waals surface area contributed by atoms with Gasteiger partial charge in [0.1, 0.15) is 23.4 Å². The minimum atomic E-state index is -0.474. The Hall–Kier alpha value is -3.12. The van der Waals surface area contributed by atoms with Gasteiger partial charge in [-0.15, -0.1) is 0 Å². The molecule has 0 saturated heterocycles. The molecule has 1 unspecified atom stereocenters. The number of aryl methyl sites for hydroxylation is 1. The Morgan fingerprint density at radius 2 is 2.07 bits per heavy atom. The Morgan fingerprint density at radius 1 is 1.28 bits per heavy atom. The van der Waals surface area contributed by atoms with Crippen LogP contribution in [0.15, 0.2) is 70.4 Å². The molecule has 7 heteroatoms. The van der Waals surface area contributed by atoms with Crippen molar-refractivity contribution in [2.75, 3.05) is 6.61 Å². The van der Waals surface area contributed by atoms with Crippen LogP contribution in [0.5, 0.6) is 5.75 Å². The average Bonchev–Trinajstić information content (AvgIpc) is 3.37. The van der Waals surface area contributed by atoms with Crippen LogP contribution in [-0.2, 0) is 4.79 Å². The highest BCUT2D eigenvalue weighted by atomic mass is 35.5. The van der Waals surface area contributed by atoms with Crippen LogP contribution >= 0.6 is 11.6 Å². The summed E-state index contributed by atoms with van der Waals surface area (Å²) in [6.45, 7) is 1.73.